The maximum absolute atomic E-state index is 13.4. The fourth-order valence-electron chi connectivity index (χ4n) is 2.56. The van der Waals surface area contributed by atoms with Crippen LogP contribution in [0.1, 0.15) is 18.9 Å². The van der Waals surface area contributed by atoms with Gasteiger partial charge in [0, 0.05) is 43.0 Å². The van der Waals surface area contributed by atoms with Gasteiger partial charge >= 0.3 is 0 Å². The lowest BCUT2D eigenvalue weighted by atomic mass is 10.1. The van der Waals surface area contributed by atoms with E-state index in [-0.39, 0.29) is 17.6 Å². The number of sulfone groups is 1. The predicted octanol–water partition coefficient (Wildman–Crippen LogP) is 1.84. The van der Waals surface area contributed by atoms with Crippen molar-refractivity contribution < 1.29 is 12.8 Å². The SMILES string of the molecule is CN=C(NCCc1c[nH]c2ccc(F)cc12)NC(C)CCS(C)(=O)=O. The van der Waals surface area contributed by atoms with Crippen LogP contribution in [-0.2, 0) is 16.3 Å². The van der Waals surface area contributed by atoms with E-state index in [1.807, 2.05) is 13.1 Å². The summed E-state index contributed by atoms with van der Waals surface area (Å²) >= 11 is 0. The number of hydrogen-bond donors (Lipinski definition) is 3. The number of aromatic amines is 1. The maximum Gasteiger partial charge on any atom is 0.191 e. The molecule has 2 aromatic rings. The molecule has 0 radical (unpaired) electrons. The quantitative estimate of drug-likeness (QED) is 0.514. The Hall–Kier alpha value is -2.09. The van der Waals surface area contributed by atoms with Gasteiger partial charge in [0.2, 0.25) is 0 Å². The summed E-state index contributed by atoms with van der Waals surface area (Å²) in [6.07, 6.45) is 4.34. The van der Waals surface area contributed by atoms with Crippen molar-refractivity contribution in [3.05, 3.63) is 35.8 Å². The molecule has 1 aromatic carbocycles. The third-order valence-electron chi connectivity index (χ3n) is 3.94. The largest absolute Gasteiger partial charge is 0.361 e. The number of aromatic nitrogens is 1. The van der Waals surface area contributed by atoms with Crippen LogP contribution in [0.3, 0.4) is 0 Å². The van der Waals surface area contributed by atoms with Crippen LogP contribution in [0, 0.1) is 5.82 Å². The van der Waals surface area contributed by atoms with Crippen molar-refractivity contribution in [2.75, 3.05) is 25.6 Å². The van der Waals surface area contributed by atoms with Gasteiger partial charge in [-0.1, -0.05) is 0 Å². The zero-order chi connectivity index (χ0) is 18.4. The van der Waals surface area contributed by atoms with Gasteiger partial charge in [0.25, 0.3) is 0 Å². The number of rotatable bonds is 7. The number of hydrogen-bond acceptors (Lipinski definition) is 3. The molecule has 25 heavy (non-hydrogen) atoms. The molecule has 0 bridgehead atoms. The van der Waals surface area contributed by atoms with Crippen LogP contribution in [0.2, 0.25) is 0 Å². The van der Waals surface area contributed by atoms with Gasteiger partial charge in [-0.2, -0.15) is 0 Å². The molecule has 2 rings (SSSR count). The van der Waals surface area contributed by atoms with E-state index in [1.54, 1.807) is 13.1 Å². The van der Waals surface area contributed by atoms with E-state index in [0.29, 0.717) is 25.3 Å². The lowest BCUT2D eigenvalue weighted by molar-refractivity contribution is 0.581. The molecule has 1 heterocycles. The molecule has 1 aromatic heterocycles. The summed E-state index contributed by atoms with van der Waals surface area (Å²) < 4.78 is 35.8. The topological polar surface area (TPSA) is 86.3 Å². The predicted molar refractivity (Wildman–Crippen MR) is 100 cm³/mol. The average molecular weight is 368 g/mol. The Kier molecular flexibility index (Phi) is 6.41. The molecule has 0 saturated carbocycles. The van der Waals surface area contributed by atoms with Crippen LogP contribution >= 0.6 is 0 Å². The standard InChI is InChI=1S/C17H25FN4O2S/c1-12(7-9-25(3,23)24)22-17(19-2)20-8-6-13-11-21-16-5-4-14(18)10-15(13)16/h4-5,10-12,21H,6-9H2,1-3H3,(H2,19,20,22). The van der Waals surface area contributed by atoms with E-state index < -0.39 is 9.84 Å². The summed E-state index contributed by atoms with van der Waals surface area (Å²) in [5.41, 5.74) is 1.94. The van der Waals surface area contributed by atoms with Crippen molar-refractivity contribution in [3.63, 3.8) is 0 Å². The van der Waals surface area contributed by atoms with E-state index in [1.165, 1.54) is 18.4 Å². The number of nitrogens with zero attached hydrogens (tertiary/aromatic N) is 1. The molecule has 1 unspecified atom stereocenters. The highest BCUT2D eigenvalue weighted by molar-refractivity contribution is 7.90. The molecule has 0 saturated heterocycles. The molecule has 8 heteroatoms. The monoisotopic (exact) mass is 368 g/mol. The van der Waals surface area contributed by atoms with E-state index in [4.69, 9.17) is 0 Å². The first kappa shape index (κ1) is 19.2. The second-order valence-electron chi connectivity index (χ2n) is 6.22. The number of guanidine groups is 1. The molecule has 138 valence electrons. The van der Waals surface area contributed by atoms with Gasteiger partial charge in [0.05, 0.1) is 5.75 Å². The molecule has 0 aliphatic heterocycles. The Morgan fingerprint density at radius 1 is 1.40 bits per heavy atom. The lowest BCUT2D eigenvalue weighted by Gasteiger charge is -2.17. The van der Waals surface area contributed by atoms with Crippen molar-refractivity contribution in [3.8, 4) is 0 Å². The molecule has 0 aliphatic rings. The third-order valence-corrected chi connectivity index (χ3v) is 4.92. The maximum atomic E-state index is 13.4. The van der Waals surface area contributed by atoms with Crippen LogP contribution in [0.15, 0.2) is 29.4 Å². The first-order valence-corrected chi connectivity index (χ1v) is 10.2. The van der Waals surface area contributed by atoms with E-state index >= 15 is 0 Å². The Morgan fingerprint density at radius 2 is 2.16 bits per heavy atom. The van der Waals surface area contributed by atoms with Gasteiger partial charge in [-0.3, -0.25) is 4.99 Å². The van der Waals surface area contributed by atoms with E-state index in [0.717, 1.165) is 16.5 Å². The van der Waals surface area contributed by atoms with Gasteiger partial charge in [-0.25, -0.2) is 12.8 Å². The molecule has 0 spiro atoms. The van der Waals surface area contributed by atoms with Crippen LogP contribution < -0.4 is 10.6 Å². The van der Waals surface area contributed by atoms with Gasteiger partial charge in [0.15, 0.2) is 5.96 Å². The highest BCUT2D eigenvalue weighted by Crippen LogP contribution is 2.19. The second kappa shape index (κ2) is 8.33. The smallest absolute Gasteiger partial charge is 0.191 e. The second-order valence-corrected chi connectivity index (χ2v) is 8.48. The highest BCUT2D eigenvalue weighted by Gasteiger charge is 2.10. The van der Waals surface area contributed by atoms with Crippen LogP contribution in [0.25, 0.3) is 10.9 Å². The fourth-order valence-corrected chi connectivity index (χ4v) is 3.35. The van der Waals surface area contributed by atoms with E-state index in [9.17, 15) is 12.8 Å². The summed E-state index contributed by atoms with van der Waals surface area (Å²) in [7, 11) is -1.30. The Bertz CT molecular complexity index is 845. The lowest BCUT2D eigenvalue weighted by Crippen LogP contribution is -2.43. The Morgan fingerprint density at radius 3 is 2.84 bits per heavy atom. The molecule has 0 fully saturated rings. The van der Waals surface area contributed by atoms with Gasteiger partial charge in [-0.15, -0.1) is 0 Å². The van der Waals surface area contributed by atoms with E-state index in [2.05, 4.69) is 20.6 Å². The van der Waals surface area contributed by atoms with Gasteiger partial charge in [0.1, 0.15) is 15.7 Å². The van der Waals surface area contributed by atoms with Gasteiger partial charge in [-0.05, 0) is 43.5 Å². The highest BCUT2D eigenvalue weighted by atomic mass is 32.2. The average Bonchev–Trinajstić information content (AvgIpc) is 2.93. The fraction of sp³-hybridized carbons (Fsp3) is 0.471. The number of fused-ring (bicyclic) bond motifs is 1. The number of H-pyrrole nitrogens is 1. The van der Waals surface area contributed by atoms with Crippen LogP contribution in [0.5, 0.6) is 0 Å². The number of halogens is 1. The third kappa shape index (κ3) is 6.04. The van der Waals surface area contributed by atoms with Crippen molar-refractivity contribution in [1.29, 1.82) is 0 Å². The number of benzene rings is 1. The molecular weight excluding hydrogens is 343 g/mol. The van der Waals surface area contributed by atoms with Crippen LogP contribution in [0.4, 0.5) is 4.39 Å². The summed E-state index contributed by atoms with van der Waals surface area (Å²) in [5.74, 6) is 0.504. The Balaban J connectivity index is 1.85. The van der Waals surface area contributed by atoms with Crippen molar-refractivity contribution >= 4 is 26.7 Å². The van der Waals surface area contributed by atoms with Crippen molar-refractivity contribution in [2.45, 2.75) is 25.8 Å². The zero-order valence-electron chi connectivity index (χ0n) is 14.8. The Labute approximate surface area is 147 Å². The van der Waals surface area contributed by atoms with Crippen molar-refractivity contribution in [2.24, 2.45) is 4.99 Å². The minimum Gasteiger partial charge on any atom is -0.361 e. The van der Waals surface area contributed by atoms with Crippen LogP contribution in [-0.4, -0.2) is 51.0 Å². The summed E-state index contributed by atoms with van der Waals surface area (Å²) in [4.78, 5) is 7.28. The molecule has 0 amide bonds. The zero-order valence-corrected chi connectivity index (χ0v) is 15.6. The molecule has 3 N–H and O–H groups in total. The molecular formula is C17H25FN4O2S. The molecule has 6 nitrogen and oxygen atoms in total. The molecule has 0 aliphatic carbocycles. The number of nitrogens with one attached hydrogen (secondary N) is 3. The number of aliphatic imine (C=N–C) groups is 1. The van der Waals surface area contributed by atoms with Gasteiger partial charge < -0.3 is 15.6 Å². The first-order valence-electron chi connectivity index (χ1n) is 8.19. The first-order chi connectivity index (χ1) is 11.8. The minimum absolute atomic E-state index is 0.0110. The molecule has 1 atom stereocenters. The normalized spacial score (nSPS) is 13.8. The summed E-state index contributed by atoms with van der Waals surface area (Å²) in [5, 5.41) is 7.25. The van der Waals surface area contributed by atoms with Crippen molar-refractivity contribution in [1.82, 2.24) is 15.6 Å². The minimum atomic E-state index is -2.97. The summed E-state index contributed by atoms with van der Waals surface area (Å²) in [6, 6.07) is 4.68. The summed E-state index contributed by atoms with van der Waals surface area (Å²) in [6.45, 7) is 2.54.